The number of rotatable bonds is 2. The van der Waals surface area contributed by atoms with Gasteiger partial charge in [-0.05, 0) is 23.8 Å². The number of aromatic hydroxyl groups is 1. The number of hydrogen-bond donors (Lipinski definition) is 4. The fourth-order valence-corrected chi connectivity index (χ4v) is 1.62. The lowest BCUT2D eigenvalue weighted by Gasteiger charge is -2.07. The van der Waals surface area contributed by atoms with Gasteiger partial charge in [0, 0.05) is 18.0 Å². The summed E-state index contributed by atoms with van der Waals surface area (Å²) in [6.07, 6.45) is 3.30. The van der Waals surface area contributed by atoms with E-state index in [4.69, 9.17) is 11.1 Å². The number of carbonyl (C=O) groups is 1. The minimum atomic E-state index is -0.629. The van der Waals surface area contributed by atoms with Crippen LogP contribution >= 0.6 is 0 Å². The van der Waals surface area contributed by atoms with E-state index in [2.05, 4.69) is 10.3 Å². The van der Waals surface area contributed by atoms with E-state index in [0.29, 0.717) is 0 Å². The van der Waals surface area contributed by atoms with Crippen molar-refractivity contribution in [1.29, 1.82) is 5.41 Å². The van der Waals surface area contributed by atoms with Crippen molar-refractivity contribution in [3.8, 4) is 16.9 Å². The van der Waals surface area contributed by atoms with Gasteiger partial charge in [-0.3, -0.25) is 20.5 Å². The number of phenols is 1. The van der Waals surface area contributed by atoms with Crippen LogP contribution in [0.15, 0.2) is 42.7 Å². The van der Waals surface area contributed by atoms with Crippen LogP contribution in [0.4, 0.5) is 0 Å². The highest BCUT2D eigenvalue weighted by atomic mass is 16.3. The topological polar surface area (TPSA) is 112 Å². The summed E-state index contributed by atoms with van der Waals surface area (Å²) in [5, 5.41) is 18.8. The molecule has 1 heterocycles. The maximum absolute atomic E-state index is 11.8. The van der Waals surface area contributed by atoms with Gasteiger partial charge in [-0.15, -0.1) is 0 Å². The first-order chi connectivity index (χ1) is 9.08. The number of benzene rings is 1. The zero-order chi connectivity index (χ0) is 13.8. The zero-order valence-corrected chi connectivity index (χ0v) is 9.92. The second-order valence-corrected chi connectivity index (χ2v) is 3.84. The average molecular weight is 256 g/mol. The molecule has 6 heteroatoms. The summed E-state index contributed by atoms with van der Waals surface area (Å²) in [6, 6.07) is 8.22. The molecule has 0 aliphatic carbocycles. The third kappa shape index (κ3) is 2.86. The molecule has 0 atom stereocenters. The predicted molar refractivity (Wildman–Crippen MR) is 70.7 cm³/mol. The smallest absolute Gasteiger partial charge is 0.261 e. The van der Waals surface area contributed by atoms with E-state index < -0.39 is 11.9 Å². The van der Waals surface area contributed by atoms with Crippen LogP contribution in [0, 0.1) is 5.41 Å². The van der Waals surface area contributed by atoms with Gasteiger partial charge in [-0.1, -0.05) is 12.1 Å². The lowest BCUT2D eigenvalue weighted by molar-refractivity contribution is 0.0974. The molecule has 0 radical (unpaired) electrons. The highest BCUT2D eigenvalue weighted by Gasteiger charge is 2.13. The normalized spacial score (nSPS) is 9.89. The molecule has 0 spiro atoms. The summed E-state index contributed by atoms with van der Waals surface area (Å²) in [7, 11) is 0. The Kier molecular flexibility index (Phi) is 3.42. The molecule has 0 saturated carbocycles. The van der Waals surface area contributed by atoms with Crippen molar-refractivity contribution >= 4 is 11.9 Å². The molecular weight excluding hydrogens is 244 g/mol. The van der Waals surface area contributed by atoms with Crippen molar-refractivity contribution in [3.63, 3.8) is 0 Å². The Labute approximate surface area is 109 Å². The van der Waals surface area contributed by atoms with Gasteiger partial charge < -0.3 is 10.8 Å². The number of nitrogens with two attached hydrogens (primary N) is 1. The molecule has 6 nitrogen and oxygen atoms in total. The first-order valence-corrected chi connectivity index (χ1v) is 5.46. The Balaban J connectivity index is 2.40. The highest BCUT2D eigenvalue weighted by molar-refractivity contribution is 6.06. The van der Waals surface area contributed by atoms with E-state index in [0.717, 1.165) is 11.1 Å². The summed E-state index contributed by atoms with van der Waals surface area (Å²) in [5.41, 5.74) is 6.70. The maximum Gasteiger partial charge on any atom is 0.261 e. The molecule has 0 aliphatic rings. The molecule has 0 unspecified atom stereocenters. The van der Waals surface area contributed by atoms with Crippen LogP contribution in [0.2, 0.25) is 0 Å². The molecule has 19 heavy (non-hydrogen) atoms. The summed E-state index contributed by atoms with van der Waals surface area (Å²) in [6.45, 7) is 0. The number of phenolic OH excluding ortho intramolecular Hbond substituents is 1. The van der Waals surface area contributed by atoms with E-state index >= 15 is 0 Å². The van der Waals surface area contributed by atoms with Crippen LogP contribution in [0.25, 0.3) is 11.1 Å². The molecule has 2 aromatic rings. The van der Waals surface area contributed by atoms with E-state index in [1.165, 1.54) is 12.1 Å². The molecule has 0 saturated heterocycles. The molecule has 1 aromatic heterocycles. The average Bonchev–Trinajstić information content (AvgIpc) is 2.39. The van der Waals surface area contributed by atoms with Crippen LogP contribution in [0.3, 0.4) is 0 Å². The summed E-state index contributed by atoms with van der Waals surface area (Å²) in [4.78, 5) is 15.7. The molecule has 1 aromatic carbocycles. The fraction of sp³-hybridized carbons (Fsp3) is 0. The quantitative estimate of drug-likeness (QED) is 0.475. The van der Waals surface area contributed by atoms with Gasteiger partial charge >= 0.3 is 0 Å². The summed E-state index contributed by atoms with van der Waals surface area (Å²) >= 11 is 0. The minimum absolute atomic E-state index is 0.0524. The third-order valence-corrected chi connectivity index (χ3v) is 2.48. The van der Waals surface area contributed by atoms with Gasteiger partial charge in [0.25, 0.3) is 5.91 Å². The standard InChI is InChI=1S/C13H12N4O2/c14-13(15)17-12(19)10-6-8(3-4-11(10)18)9-2-1-5-16-7-9/h1-7,18H,(H4,14,15,17,19). The largest absolute Gasteiger partial charge is 0.507 e. The van der Waals surface area contributed by atoms with Crippen LogP contribution < -0.4 is 11.1 Å². The summed E-state index contributed by atoms with van der Waals surface area (Å²) < 4.78 is 0. The van der Waals surface area contributed by atoms with Crippen molar-refractivity contribution in [2.24, 2.45) is 5.73 Å². The molecule has 2 rings (SSSR count). The molecule has 0 aliphatic heterocycles. The lowest BCUT2D eigenvalue weighted by Crippen LogP contribution is -2.35. The van der Waals surface area contributed by atoms with E-state index in [1.54, 1.807) is 24.5 Å². The predicted octanol–water partition coefficient (Wildman–Crippen LogP) is 1.08. The van der Waals surface area contributed by atoms with Gasteiger partial charge in [-0.25, -0.2) is 0 Å². The molecular formula is C13H12N4O2. The second-order valence-electron chi connectivity index (χ2n) is 3.84. The number of hydrogen-bond acceptors (Lipinski definition) is 4. The van der Waals surface area contributed by atoms with Crippen LogP contribution in [-0.2, 0) is 0 Å². The fourth-order valence-electron chi connectivity index (χ4n) is 1.62. The van der Waals surface area contributed by atoms with Crippen molar-refractivity contribution in [3.05, 3.63) is 48.3 Å². The Morgan fingerprint density at radius 3 is 2.74 bits per heavy atom. The van der Waals surface area contributed by atoms with Crippen molar-refractivity contribution in [2.75, 3.05) is 0 Å². The minimum Gasteiger partial charge on any atom is -0.507 e. The van der Waals surface area contributed by atoms with Crippen molar-refractivity contribution < 1.29 is 9.90 Å². The number of aromatic nitrogens is 1. The first kappa shape index (κ1) is 12.6. The van der Waals surface area contributed by atoms with E-state index in [9.17, 15) is 9.90 Å². The molecule has 1 amide bonds. The van der Waals surface area contributed by atoms with Crippen molar-refractivity contribution in [2.45, 2.75) is 0 Å². The van der Waals surface area contributed by atoms with Gasteiger partial charge in [0.15, 0.2) is 5.96 Å². The zero-order valence-electron chi connectivity index (χ0n) is 9.92. The number of carbonyl (C=O) groups excluding carboxylic acids is 1. The number of nitrogens with zero attached hydrogens (tertiary/aromatic N) is 1. The van der Waals surface area contributed by atoms with Gasteiger partial charge in [0.1, 0.15) is 5.75 Å². The van der Waals surface area contributed by atoms with Gasteiger partial charge in [0.2, 0.25) is 0 Å². The lowest BCUT2D eigenvalue weighted by atomic mass is 10.0. The number of guanidine groups is 1. The molecule has 96 valence electrons. The molecule has 0 fully saturated rings. The Morgan fingerprint density at radius 2 is 2.11 bits per heavy atom. The van der Waals surface area contributed by atoms with E-state index in [-0.39, 0.29) is 11.3 Å². The van der Waals surface area contributed by atoms with Crippen LogP contribution in [0.1, 0.15) is 10.4 Å². The first-order valence-electron chi connectivity index (χ1n) is 5.46. The Morgan fingerprint density at radius 1 is 1.32 bits per heavy atom. The van der Waals surface area contributed by atoms with E-state index in [1.807, 2.05) is 6.07 Å². The second kappa shape index (κ2) is 5.18. The highest BCUT2D eigenvalue weighted by Crippen LogP contribution is 2.25. The summed E-state index contributed by atoms with van der Waals surface area (Å²) in [5.74, 6) is -1.28. The van der Waals surface area contributed by atoms with Crippen molar-refractivity contribution in [1.82, 2.24) is 10.3 Å². The maximum atomic E-state index is 11.8. The number of nitrogens with one attached hydrogen (secondary N) is 2. The Bertz CT molecular complexity index is 626. The van der Waals surface area contributed by atoms with Gasteiger partial charge in [-0.2, -0.15) is 0 Å². The van der Waals surface area contributed by atoms with Crippen LogP contribution in [0.5, 0.6) is 5.75 Å². The Hall–Kier alpha value is -2.89. The number of pyridine rings is 1. The van der Waals surface area contributed by atoms with Gasteiger partial charge in [0.05, 0.1) is 5.56 Å². The third-order valence-electron chi connectivity index (χ3n) is 2.48. The molecule has 0 bridgehead atoms. The van der Waals surface area contributed by atoms with Crippen LogP contribution in [-0.4, -0.2) is 22.0 Å². The molecule has 5 N–H and O–H groups in total. The number of amides is 1. The SMILES string of the molecule is N=C(N)NC(=O)c1cc(-c2cccnc2)ccc1O. The monoisotopic (exact) mass is 256 g/mol.